The highest BCUT2D eigenvalue weighted by atomic mass is 16.5. The van der Waals surface area contributed by atoms with Gasteiger partial charge in [0.2, 0.25) is 0 Å². The summed E-state index contributed by atoms with van der Waals surface area (Å²) in [6, 6.07) is 6.15. The number of aromatic nitrogens is 1. The second-order valence-electron chi connectivity index (χ2n) is 4.53. The Morgan fingerprint density at radius 2 is 2.41 bits per heavy atom. The van der Waals surface area contributed by atoms with Gasteiger partial charge in [-0.25, -0.2) is 4.98 Å². The molecule has 1 aliphatic rings. The van der Waals surface area contributed by atoms with E-state index in [2.05, 4.69) is 28.3 Å². The molecular weight excluding hydrogens is 214 g/mol. The SMILES string of the molecule is CNCc1cccc(N(C)CC2CCCO2)n1. The number of hydrogen-bond donors (Lipinski definition) is 1. The monoisotopic (exact) mass is 235 g/mol. The first-order valence-electron chi connectivity index (χ1n) is 6.23. The summed E-state index contributed by atoms with van der Waals surface area (Å²) in [5, 5.41) is 3.12. The molecular formula is C13H21N3O. The molecule has 0 aliphatic carbocycles. The van der Waals surface area contributed by atoms with E-state index < -0.39 is 0 Å². The van der Waals surface area contributed by atoms with E-state index in [0.717, 1.165) is 31.2 Å². The molecule has 1 aromatic heterocycles. The highest BCUT2D eigenvalue weighted by molar-refractivity contribution is 5.38. The Morgan fingerprint density at radius 3 is 3.12 bits per heavy atom. The van der Waals surface area contributed by atoms with Crippen molar-refractivity contribution < 1.29 is 4.74 Å². The lowest BCUT2D eigenvalue weighted by Crippen LogP contribution is -2.29. The van der Waals surface area contributed by atoms with Crippen LogP contribution in [0.5, 0.6) is 0 Å². The van der Waals surface area contributed by atoms with Crippen molar-refractivity contribution in [3.63, 3.8) is 0 Å². The zero-order valence-corrected chi connectivity index (χ0v) is 10.6. The highest BCUT2D eigenvalue weighted by Gasteiger charge is 2.18. The molecule has 0 bridgehead atoms. The normalized spacial score (nSPS) is 19.5. The van der Waals surface area contributed by atoms with Gasteiger partial charge in [0.15, 0.2) is 0 Å². The van der Waals surface area contributed by atoms with Crippen LogP contribution in [0.1, 0.15) is 18.5 Å². The number of nitrogens with one attached hydrogen (secondary N) is 1. The predicted octanol–water partition coefficient (Wildman–Crippen LogP) is 1.42. The van der Waals surface area contributed by atoms with E-state index in [1.54, 1.807) is 0 Å². The summed E-state index contributed by atoms with van der Waals surface area (Å²) in [5.41, 5.74) is 1.07. The third kappa shape index (κ3) is 3.41. The number of ether oxygens (including phenoxy) is 1. The number of rotatable bonds is 5. The molecule has 1 fully saturated rings. The van der Waals surface area contributed by atoms with Gasteiger partial charge in [0.05, 0.1) is 11.8 Å². The average molecular weight is 235 g/mol. The minimum atomic E-state index is 0.370. The molecule has 0 radical (unpaired) electrons. The Bertz CT molecular complexity index is 350. The first-order valence-corrected chi connectivity index (χ1v) is 6.23. The zero-order valence-electron chi connectivity index (χ0n) is 10.6. The molecule has 1 aromatic rings. The molecule has 1 atom stereocenters. The Balaban J connectivity index is 1.97. The number of pyridine rings is 1. The molecule has 17 heavy (non-hydrogen) atoms. The third-order valence-corrected chi connectivity index (χ3v) is 3.04. The maximum atomic E-state index is 5.64. The largest absolute Gasteiger partial charge is 0.376 e. The second-order valence-corrected chi connectivity index (χ2v) is 4.53. The Kier molecular flexibility index (Phi) is 4.34. The molecule has 4 heteroatoms. The van der Waals surface area contributed by atoms with Crippen LogP contribution in [0.2, 0.25) is 0 Å². The van der Waals surface area contributed by atoms with Crippen LogP contribution in [0.4, 0.5) is 5.82 Å². The fraction of sp³-hybridized carbons (Fsp3) is 0.615. The molecule has 0 amide bonds. The van der Waals surface area contributed by atoms with Crippen molar-refractivity contribution >= 4 is 5.82 Å². The molecule has 0 aromatic carbocycles. The van der Waals surface area contributed by atoms with Gasteiger partial charge in [0.1, 0.15) is 5.82 Å². The summed E-state index contributed by atoms with van der Waals surface area (Å²) in [5.74, 6) is 1.02. The Labute approximate surface area is 103 Å². The van der Waals surface area contributed by atoms with Gasteiger partial charge in [-0.2, -0.15) is 0 Å². The van der Waals surface area contributed by atoms with Crippen LogP contribution in [0.3, 0.4) is 0 Å². The summed E-state index contributed by atoms with van der Waals surface area (Å²) < 4.78 is 5.64. The van der Waals surface area contributed by atoms with Crippen LogP contribution in [0.15, 0.2) is 18.2 Å². The lowest BCUT2D eigenvalue weighted by molar-refractivity contribution is 0.116. The minimum absolute atomic E-state index is 0.370. The quantitative estimate of drug-likeness (QED) is 0.837. The van der Waals surface area contributed by atoms with E-state index in [1.165, 1.54) is 12.8 Å². The van der Waals surface area contributed by atoms with Crippen LogP contribution in [-0.4, -0.2) is 38.3 Å². The van der Waals surface area contributed by atoms with E-state index >= 15 is 0 Å². The Hall–Kier alpha value is -1.13. The van der Waals surface area contributed by atoms with Gasteiger partial charge in [-0.05, 0) is 32.0 Å². The second kappa shape index (κ2) is 5.98. The summed E-state index contributed by atoms with van der Waals surface area (Å²) in [6.45, 7) is 2.64. The van der Waals surface area contributed by atoms with E-state index in [1.807, 2.05) is 19.2 Å². The molecule has 1 N–H and O–H groups in total. The van der Waals surface area contributed by atoms with Crippen LogP contribution in [-0.2, 0) is 11.3 Å². The van der Waals surface area contributed by atoms with E-state index in [4.69, 9.17) is 4.74 Å². The Morgan fingerprint density at radius 1 is 1.53 bits per heavy atom. The number of likely N-dealkylation sites (N-methyl/N-ethyl adjacent to an activating group) is 1. The maximum absolute atomic E-state index is 5.64. The fourth-order valence-electron chi connectivity index (χ4n) is 2.15. The van der Waals surface area contributed by atoms with Crippen molar-refractivity contribution in [3.05, 3.63) is 23.9 Å². The van der Waals surface area contributed by atoms with Crippen molar-refractivity contribution in [1.29, 1.82) is 0 Å². The zero-order chi connectivity index (χ0) is 12.1. The smallest absolute Gasteiger partial charge is 0.128 e. The van der Waals surface area contributed by atoms with Gasteiger partial charge in [-0.3, -0.25) is 0 Å². The molecule has 1 unspecified atom stereocenters. The fourth-order valence-corrected chi connectivity index (χ4v) is 2.15. The van der Waals surface area contributed by atoms with Crippen molar-refractivity contribution in [3.8, 4) is 0 Å². The summed E-state index contributed by atoms with van der Waals surface area (Å²) in [4.78, 5) is 6.79. The van der Waals surface area contributed by atoms with E-state index in [9.17, 15) is 0 Å². The number of hydrogen-bond acceptors (Lipinski definition) is 4. The lowest BCUT2D eigenvalue weighted by Gasteiger charge is -2.22. The maximum Gasteiger partial charge on any atom is 0.128 e. The van der Waals surface area contributed by atoms with Crippen LogP contribution >= 0.6 is 0 Å². The van der Waals surface area contributed by atoms with Crippen LogP contribution in [0, 0.1) is 0 Å². The van der Waals surface area contributed by atoms with Crippen LogP contribution in [0.25, 0.3) is 0 Å². The summed E-state index contributed by atoms with van der Waals surface area (Å²) >= 11 is 0. The topological polar surface area (TPSA) is 37.4 Å². The lowest BCUT2D eigenvalue weighted by atomic mass is 10.2. The molecule has 94 valence electrons. The van der Waals surface area contributed by atoms with Crippen molar-refractivity contribution in [1.82, 2.24) is 10.3 Å². The predicted molar refractivity (Wildman–Crippen MR) is 69.2 cm³/mol. The highest BCUT2D eigenvalue weighted by Crippen LogP contribution is 2.16. The van der Waals surface area contributed by atoms with E-state index in [-0.39, 0.29) is 0 Å². The molecule has 4 nitrogen and oxygen atoms in total. The van der Waals surface area contributed by atoms with Crippen LogP contribution < -0.4 is 10.2 Å². The molecule has 0 saturated carbocycles. The first-order chi connectivity index (χ1) is 8.29. The van der Waals surface area contributed by atoms with Gasteiger partial charge in [0.25, 0.3) is 0 Å². The molecule has 1 saturated heterocycles. The first kappa shape index (κ1) is 12.3. The standard InChI is InChI=1S/C13H21N3O/c1-14-9-11-5-3-7-13(15-11)16(2)10-12-6-4-8-17-12/h3,5,7,12,14H,4,6,8-10H2,1-2H3. The van der Waals surface area contributed by atoms with Gasteiger partial charge < -0.3 is 15.0 Å². The minimum Gasteiger partial charge on any atom is -0.376 e. The summed E-state index contributed by atoms with van der Waals surface area (Å²) in [6.07, 6.45) is 2.72. The third-order valence-electron chi connectivity index (χ3n) is 3.04. The number of anilines is 1. The molecule has 2 rings (SSSR count). The summed E-state index contributed by atoms with van der Waals surface area (Å²) in [7, 11) is 4.01. The molecule has 1 aliphatic heterocycles. The van der Waals surface area contributed by atoms with Gasteiger partial charge >= 0.3 is 0 Å². The number of nitrogens with zero attached hydrogens (tertiary/aromatic N) is 2. The van der Waals surface area contributed by atoms with Gasteiger partial charge in [0, 0.05) is 26.7 Å². The van der Waals surface area contributed by atoms with Crippen molar-refractivity contribution in [2.75, 3.05) is 32.1 Å². The van der Waals surface area contributed by atoms with Crippen molar-refractivity contribution in [2.45, 2.75) is 25.5 Å². The molecule has 0 spiro atoms. The van der Waals surface area contributed by atoms with E-state index in [0.29, 0.717) is 6.10 Å². The van der Waals surface area contributed by atoms with Gasteiger partial charge in [-0.15, -0.1) is 0 Å². The molecule has 2 heterocycles. The van der Waals surface area contributed by atoms with Gasteiger partial charge in [-0.1, -0.05) is 6.07 Å². The van der Waals surface area contributed by atoms with Crippen molar-refractivity contribution in [2.24, 2.45) is 0 Å². The average Bonchev–Trinajstić information content (AvgIpc) is 2.83.